The molecular weight excluding hydrogens is 198 g/mol. The Balaban J connectivity index is 1.88. The molecule has 4 rings (SSSR count). The topological polar surface area (TPSA) is 20.3 Å². The number of piperidine rings is 3. The lowest BCUT2D eigenvalue weighted by atomic mass is 9.75. The minimum absolute atomic E-state index is 0.655. The molecule has 0 radical (unpaired) electrons. The Bertz CT molecular complexity index is 393. The van der Waals surface area contributed by atoms with Crippen LogP contribution in [-0.2, 0) is 0 Å². The van der Waals surface area contributed by atoms with Crippen molar-refractivity contribution in [1.82, 2.24) is 4.90 Å². The summed E-state index contributed by atoms with van der Waals surface area (Å²) in [5, 5.41) is 0. The van der Waals surface area contributed by atoms with Crippen molar-refractivity contribution >= 4 is 6.29 Å². The van der Waals surface area contributed by atoms with Crippen molar-refractivity contribution in [2.24, 2.45) is 5.92 Å². The molecule has 84 valence electrons. The summed E-state index contributed by atoms with van der Waals surface area (Å²) >= 11 is 0. The second kappa shape index (κ2) is 4.02. The zero-order valence-corrected chi connectivity index (χ0v) is 9.43. The number of fused-ring (bicyclic) bond motifs is 3. The van der Waals surface area contributed by atoms with Crippen molar-refractivity contribution in [1.29, 1.82) is 0 Å². The predicted octanol–water partition coefficient (Wildman–Crippen LogP) is 2.31. The van der Waals surface area contributed by atoms with Gasteiger partial charge in [-0.1, -0.05) is 18.2 Å². The van der Waals surface area contributed by atoms with Crippen LogP contribution in [0.25, 0.3) is 0 Å². The normalized spacial score (nSPS) is 32.6. The quantitative estimate of drug-likeness (QED) is 0.706. The van der Waals surface area contributed by atoms with Crippen LogP contribution in [0.4, 0.5) is 0 Å². The van der Waals surface area contributed by atoms with Gasteiger partial charge in [0.15, 0.2) is 0 Å². The lowest BCUT2D eigenvalue weighted by molar-refractivity contribution is 0.0870. The number of rotatable bonds is 2. The first kappa shape index (κ1) is 10.0. The fraction of sp³-hybridized carbons (Fsp3) is 0.500. The zero-order chi connectivity index (χ0) is 11.0. The Morgan fingerprint density at radius 1 is 1.25 bits per heavy atom. The van der Waals surface area contributed by atoms with Gasteiger partial charge in [-0.15, -0.1) is 0 Å². The van der Waals surface area contributed by atoms with E-state index in [1.807, 2.05) is 12.1 Å². The van der Waals surface area contributed by atoms with Crippen molar-refractivity contribution in [2.45, 2.75) is 18.8 Å². The Morgan fingerprint density at radius 2 is 2.06 bits per heavy atom. The van der Waals surface area contributed by atoms with E-state index in [9.17, 15) is 4.79 Å². The number of hydrogen-bond acceptors (Lipinski definition) is 2. The molecular formula is C14H17NO. The molecule has 1 aromatic rings. The van der Waals surface area contributed by atoms with Crippen LogP contribution in [0, 0.1) is 5.92 Å². The van der Waals surface area contributed by atoms with E-state index >= 15 is 0 Å². The molecule has 1 aromatic carbocycles. The molecule has 0 aliphatic carbocycles. The van der Waals surface area contributed by atoms with Gasteiger partial charge in [0.05, 0.1) is 0 Å². The van der Waals surface area contributed by atoms with E-state index < -0.39 is 0 Å². The number of nitrogens with zero attached hydrogens (tertiary/aromatic N) is 1. The van der Waals surface area contributed by atoms with E-state index in [1.165, 1.54) is 38.0 Å². The third-order valence-electron chi connectivity index (χ3n) is 4.13. The minimum atomic E-state index is 0.655. The van der Waals surface area contributed by atoms with E-state index in [0.717, 1.165) is 17.8 Å². The number of benzene rings is 1. The van der Waals surface area contributed by atoms with Crippen molar-refractivity contribution < 1.29 is 4.79 Å². The second-order valence-electron chi connectivity index (χ2n) is 5.03. The van der Waals surface area contributed by atoms with Crippen LogP contribution in [0.5, 0.6) is 0 Å². The zero-order valence-electron chi connectivity index (χ0n) is 9.43. The van der Waals surface area contributed by atoms with Gasteiger partial charge < -0.3 is 4.90 Å². The molecule has 0 aromatic heterocycles. The van der Waals surface area contributed by atoms with E-state index in [4.69, 9.17) is 0 Å². The third-order valence-corrected chi connectivity index (χ3v) is 4.13. The molecule has 3 heterocycles. The fourth-order valence-corrected chi connectivity index (χ4v) is 3.21. The minimum Gasteiger partial charge on any atom is -0.303 e. The first-order chi connectivity index (χ1) is 7.86. The lowest BCUT2D eigenvalue weighted by Crippen LogP contribution is -2.46. The third kappa shape index (κ3) is 1.67. The molecule has 3 fully saturated rings. The smallest absolute Gasteiger partial charge is 0.150 e. The molecule has 3 saturated heterocycles. The average molecular weight is 215 g/mol. The molecule has 0 amide bonds. The highest BCUT2D eigenvalue weighted by Crippen LogP contribution is 2.38. The first-order valence-corrected chi connectivity index (χ1v) is 6.14. The first-order valence-electron chi connectivity index (χ1n) is 6.14. The summed E-state index contributed by atoms with van der Waals surface area (Å²) in [6.07, 6.45) is 3.61. The van der Waals surface area contributed by atoms with Gasteiger partial charge in [-0.3, -0.25) is 4.79 Å². The number of carbonyl (C=O) groups excluding carboxylic acids is 1. The summed E-state index contributed by atoms with van der Waals surface area (Å²) in [5.41, 5.74) is 2.17. The van der Waals surface area contributed by atoms with Crippen molar-refractivity contribution in [3.63, 3.8) is 0 Å². The average Bonchev–Trinajstić information content (AvgIpc) is 2.40. The summed E-state index contributed by atoms with van der Waals surface area (Å²) in [5.74, 6) is 1.49. The Morgan fingerprint density at radius 3 is 2.69 bits per heavy atom. The molecule has 0 spiro atoms. The number of hydrogen-bond donors (Lipinski definition) is 0. The predicted molar refractivity (Wildman–Crippen MR) is 63.7 cm³/mol. The largest absolute Gasteiger partial charge is 0.303 e. The van der Waals surface area contributed by atoms with E-state index in [1.54, 1.807) is 0 Å². The van der Waals surface area contributed by atoms with Crippen LogP contribution < -0.4 is 0 Å². The van der Waals surface area contributed by atoms with Crippen LogP contribution in [0.1, 0.15) is 34.7 Å². The Hall–Kier alpha value is -1.15. The van der Waals surface area contributed by atoms with Crippen LogP contribution in [-0.4, -0.2) is 30.8 Å². The summed E-state index contributed by atoms with van der Waals surface area (Å²) in [4.78, 5) is 13.3. The second-order valence-corrected chi connectivity index (χ2v) is 5.03. The Kier molecular flexibility index (Phi) is 2.52. The molecule has 3 aliphatic rings. The molecule has 1 atom stereocenters. The van der Waals surface area contributed by atoms with Crippen molar-refractivity contribution in [3.8, 4) is 0 Å². The maximum Gasteiger partial charge on any atom is 0.150 e. The van der Waals surface area contributed by atoms with Gasteiger partial charge >= 0.3 is 0 Å². The SMILES string of the molecule is O=Cc1cccc(C2CN3CCC2CC3)c1. The molecule has 0 N–H and O–H groups in total. The number of carbonyl (C=O) groups is 1. The highest BCUT2D eigenvalue weighted by molar-refractivity contribution is 5.75. The molecule has 0 saturated carbocycles. The highest BCUT2D eigenvalue weighted by Gasteiger charge is 2.34. The maximum atomic E-state index is 10.8. The summed E-state index contributed by atoms with van der Waals surface area (Å²) in [6, 6.07) is 8.15. The maximum absolute atomic E-state index is 10.8. The van der Waals surface area contributed by atoms with Gasteiger partial charge in [0.2, 0.25) is 0 Å². The molecule has 2 bridgehead atoms. The standard InChI is InChI=1S/C14H17NO/c16-10-11-2-1-3-13(8-11)14-9-15-6-4-12(14)5-7-15/h1-3,8,10,12,14H,4-7,9H2. The summed E-state index contributed by atoms with van der Waals surface area (Å²) in [6.45, 7) is 3.73. The van der Waals surface area contributed by atoms with Gasteiger partial charge in [0.25, 0.3) is 0 Å². The van der Waals surface area contributed by atoms with Gasteiger partial charge in [-0.05, 0) is 49.4 Å². The van der Waals surface area contributed by atoms with Crippen LogP contribution in [0.2, 0.25) is 0 Å². The molecule has 2 nitrogen and oxygen atoms in total. The molecule has 16 heavy (non-hydrogen) atoms. The van der Waals surface area contributed by atoms with E-state index in [-0.39, 0.29) is 0 Å². The van der Waals surface area contributed by atoms with Gasteiger partial charge in [-0.25, -0.2) is 0 Å². The Labute approximate surface area is 96.3 Å². The monoisotopic (exact) mass is 215 g/mol. The lowest BCUT2D eigenvalue weighted by Gasteiger charge is -2.45. The van der Waals surface area contributed by atoms with Crippen LogP contribution in [0.3, 0.4) is 0 Å². The van der Waals surface area contributed by atoms with Crippen molar-refractivity contribution in [3.05, 3.63) is 35.4 Å². The van der Waals surface area contributed by atoms with Crippen molar-refractivity contribution in [2.75, 3.05) is 19.6 Å². The highest BCUT2D eigenvalue weighted by atomic mass is 16.1. The molecule has 2 heteroatoms. The molecule has 3 aliphatic heterocycles. The van der Waals surface area contributed by atoms with Crippen LogP contribution >= 0.6 is 0 Å². The molecule has 1 unspecified atom stereocenters. The van der Waals surface area contributed by atoms with Gasteiger partial charge in [0, 0.05) is 12.1 Å². The van der Waals surface area contributed by atoms with Gasteiger partial charge in [-0.2, -0.15) is 0 Å². The summed E-state index contributed by atoms with van der Waals surface area (Å²) in [7, 11) is 0. The van der Waals surface area contributed by atoms with Crippen LogP contribution in [0.15, 0.2) is 24.3 Å². The fourth-order valence-electron chi connectivity index (χ4n) is 3.21. The summed E-state index contributed by atoms with van der Waals surface area (Å²) < 4.78 is 0. The van der Waals surface area contributed by atoms with Gasteiger partial charge in [0.1, 0.15) is 6.29 Å². The van der Waals surface area contributed by atoms with E-state index in [2.05, 4.69) is 17.0 Å². The van der Waals surface area contributed by atoms with E-state index in [0.29, 0.717) is 5.92 Å². The number of aldehydes is 1.